The van der Waals surface area contributed by atoms with Gasteiger partial charge in [0, 0.05) is 39.1 Å². The summed E-state index contributed by atoms with van der Waals surface area (Å²) in [5.41, 5.74) is 11.1. The predicted octanol–water partition coefficient (Wildman–Crippen LogP) is 11.9. The van der Waals surface area contributed by atoms with Gasteiger partial charge in [0.2, 0.25) is 5.89 Å². The zero-order chi connectivity index (χ0) is 34.4. The van der Waals surface area contributed by atoms with Crippen molar-refractivity contribution in [2.45, 2.75) is 0 Å². The Balaban J connectivity index is 1.04. The van der Waals surface area contributed by atoms with Crippen molar-refractivity contribution in [2.24, 2.45) is 0 Å². The maximum atomic E-state index is 6.32. The van der Waals surface area contributed by atoms with Crippen LogP contribution in [0.15, 0.2) is 179 Å². The second-order valence-electron chi connectivity index (χ2n) is 12.7. The summed E-state index contributed by atoms with van der Waals surface area (Å²) in [5, 5.41) is 1.89. The second kappa shape index (κ2) is 12.3. The molecule has 0 spiro atoms. The van der Waals surface area contributed by atoms with Gasteiger partial charge in [-0.25, -0.2) is 19.9 Å². The Morgan fingerprint density at radius 2 is 0.731 bits per heavy atom. The smallest absolute Gasteiger partial charge is 0.227 e. The molecule has 0 aliphatic heterocycles. The summed E-state index contributed by atoms with van der Waals surface area (Å²) in [6.45, 7) is 0. The van der Waals surface area contributed by atoms with Crippen molar-refractivity contribution in [1.29, 1.82) is 0 Å². The first-order valence-corrected chi connectivity index (χ1v) is 17.1. The predicted molar refractivity (Wildman–Crippen MR) is 207 cm³/mol. The van der Waals surface area contributed by atoms with Gasteiger partial charge in [0.25, 0.3) is 0 Å². The summed E-state index contributed by atoms with van der Waals surface area (Å²) in [4.78, 5) is 19.8. The van der Waals surface area contributed by atoms with Crippen molar-refractivity contribution in [3.63, 3.8) is 0 Å². The summed E-state index contributed by atoms with van der Waals surface area (Å²) in [7, 11) is 0. The highest BCUT2D eigenvalue weighted by Gasteiger charge is 2.17. The summed E-state index contributed by atoms with van der Waals surface area (Å²) in [6.07, 6.45) is 0. The van der Waals surface area contributed by atoms with Crippen molar-refractivity contribution < 1.29 is 8.83 Å². The molecule has 0 N–H and O–H groups in total. The van der Waals surface area contributed by atoms with E-state index in [9.17, 15) is 0 Å². The Labute approximate surface area is 298 Å². The highest BCUT2D eigenvalue weighted by atomic mass is 16.4. The highest BCUT2D eigenvalue weighted by molar-refractivity contribution is 6.09. The van der Waals surface area contributed by atoms with E-state index in [2.05, 4.69) is 66.7 Å². The zero-order valence-corrected chi connectivity index (χ0v) is 27.8. The Bertz CT molecular complexity index is 2860. The summed E-state index contributed by atoms with van der Waals surface area (Å²) >= 11 is 0. The molecule has 6 nitrogen and oxygen atoms in total. The fourth-order valence-electron chi connectivity index (χ4n) is 6.69. The number of aromatic nitrogens is 4. The van der Waals surface area contributed by atoms with Crippen LogP contribution in [0, 0.1) is 0 Å². The third kappa shape index (κ3) is 5.39. The fraction of sp³-hybridized carbons (Fsp3) is 0. The quantitative estimate of drug-likeness (QED) is 0.175. The number of rotatable bonds is 6. The Morgan fingerprint density at radius 3 is 1.33 bits per heavy atom. The van der Waals surface area contributed by atoms with Crippen LogP contribution in [-0.4, -0.2) is 19.9 Å². The fourth-order valence-corrected chi connectivity index (χ4v) is 6.69. The van der Waals surface area contributed by atoms with Crippen molar-refractivity contribution in [3.05, 3.63) is 170 Å². The second-order valence-corrected chi connectivity index (χ2v) is 12.7. The van der Waals surface area contributed by atoms with Crippen LogP contribution in [0.2, 0.25) is 0 Å². The first-order chi connectivity index (χ1) is 25.7. The molecule has 0 saturated carbocycles. The van der Waals surface area contributed by atoms with E-state index in [1.165, 1.54) is 5.56 Å². The van der Waals surface area contributed by atoms with Crippen LogP contribution in [0.4, 0.5) is 0 Å². The lowest BCUT2D eigenvalue weighted by Gasteiger charge is -2.09. The molecule has 0 atom stereocenters. The maximum absolute atomic E-state index is 6.32. The van der Waals surface area contributed by atoms with Gasteiger partial charge in [-0.1, -0.05) is 127 Å². The third-order valence-corrected chi connectivity index (χ3v) is 9.39. The number of fused-ring (bicyclic) bond motifs is 4. The third-order valence-electron chi connectivity index (χ3n) is 9.39. The van der Waals surface area contributed by atoms with Crippen molar-refractivity contribution in [2.75, 3.05) is 0 Å². The van der Waals surface area contributed by atoms with Crippen LogP contribution >= 0.6 is 0 Å². The van der Waals surface area contributed by atoms with E-state index < -0.39 is 0 Å². The van der Waals surface area contributed by atoms with Gasteiger partial charge in [0.05, 0.1) is 0 Å². The molecular formula is C46H28N4O2. The van der Waals surface area contributed by atoms with Crippen molar-refractivity contribution >= 4 is 33.0 Å². The molecule has 3 aromatic heterocycles. The summed E-state index contributed by atoms with van der Waals surface area (Å²) < 4.78 is 12.6. The molecule has 0 aliphatic rings. The molecule has 0 saturated heterocycles. The molecule has 10 aromatic rings. The van der Waals surface area contributed by atoms with E-state index in [0.717, 1.165) is 66.4 Å². The monoisotopic (exact) mass is 668 g/mol. The first-order valence-electron chi connectivity index (χ1n) is 17.1. The molecule has 0 radical (unpaired) electrons. The number of benzene rings is 7. The zero-order valence-electron chi connectivity index (χ0n) is 27.8. The van der Waals surface area contributed by atoms with Gasteiger partial charge in [0.15, 0.2) is 23.1 Å². The minimum atomic E-state index is 0.565. The number of hydrogen-bond donors (Lipinski definition) is 0. The van der Waals surface area contributed by atoms with E-state index in [1.54, 1.807) is 0 Å². The molecule has 0 aliphatic carbocycles. The summed E-state index contributed by atoms with van der Waals surface area (Å²) in [6, 6.07) is 57.3. The lowest BCUT2D eigenvalue weighted by molar-refractivity contribution is 0.617. The topological polar surface area (TPSA) is 77.8 Å². The van der Waals surface area contributed by atoms with Gasteiger partial charge in [-0.15, -0.1) is 0 Å². The van der Waals surface area contributed by atoms with Crippen molar-refractivity contribution in [3.8, 4) is 67.9 Å². The van der Waals surface area contributed by atoms with Crippen LogP contribution < -0.4 is 0 Å². The number of furan rings is 1. The van der Waals surface area contributed by atoms with E-state index in [0.29, 0.717) is 28.9 Å². The maximum Gasteiger partial charge on any atom is 0.227 e. The number of nitrogens with zero attached hydrogens (tertiary/aromatic N) is 4. The van der Waals surface area contributed by atoms with Crippen LogP contribution in [0.1, 0.15) is 0 Å². The van der Waals surface area contributed by atoms with Gasteiger partial charge in [-0.2, -0.15) is 0 Å². The van der Waals surface area contributed by atoms with Gasteiger partial charge >= 0.3 is 0 Å². The SMILES string of the molecule is c1ccc(-c2ccc(-c3nc(-c4ccccc4)nc(-c4ccc5oc6cc7oc(-c8ccc(-c9ccccc9)cc8)nc7cc6c5c4)n3)cc2)cc1. The van der Waals surface area contributed by atoms with Gasteiger partial charge < -0.3 is 8.83 Å². The lowest BCUT2D eigenvalue weighted by Crippen LogP contribution is -2.00. The van der Waals surface area contributed by atoms with Gasteiger partial charge in [0.1, 0.15) is 16.7 Å². The molecule has 7 aromatic carbocycles. The Hall–Kier alpha value is -7.18. The minimum Gasteiger partial charge on any atom is -0.456 e. The number of oxazole rings is 1. The minimum absolute atomic E-state index is 0.565. The largest absolute Gasteiger partial charge is 0.456 e. The Morgan fingerprint density at radius 1 is 0.288 bits per heavy atom. The molecular weight excluding hydrogens is 641 g/mol. The van der Waals surface area contributed by atoms with Crippen molar-refractivity contribution in [1.82, 2.24) is 19.9 Å². The first kappa shape index (κ1) is 29.7. The van der Waals surface area contributed by atoms with E-state index >= 15 is 0 Å². The highest BCUT2D eigenvalue weighted by Crippen LogP contribution is 2.36. The van der Waals surface area contributed by atoms with E-state index in [-0.39, 0.29) is 0 Å². The lowest BCUT2D eigenvalue weighted by atomic mass is 10.0. The van der Waals surface area contributed by atoms with E-state index in [1.807, 2.05) is 103 Å². The summed E-state index contributed by atoms with van der Waals surface area (Å²) in [5.74, 6) is 2.36. The molecule has 0 bridgehead atoms. The standard InChI is InChI=1S/C46H28N4O2/c1-4-10-29(11-5-1)31-16-20-34(21-17-31)44-48-43(33-14-8-3-9-15-33)49-45(50-44)36-24-25-40-37(26-36)38-27-39-42(28-41(38)51-40)52-46(47-39)35-22-18-32(19-23-35)30-12-6-2-7-13-30/h1-28H. The van der Waals surface area contributed by atoms with Crippen LogP contribution in [0.5, 0.6) is 0 Å². The van der Waals surface area contributed by atoms with Crippen LogP contribution in [-0.2, 0) is 0 Å². The molecule has 10 rings (SSSR count). The molecule has 0 amide bonds. The molecule has 6 heteroatoms. The average molecular weight is 669 g/mol. The van der Waals surface area contributed by atoms with Crippen LogP contribution in [0.3, 0.4) is 0 Å². The number of hydrogen-bond acceptors (Lipinski definition) is 6. The molecule has 3 heterocycles. The Kier molecular flexibility index (Phi) is 7.03. The molecule has 52 heavy (non-hydrogen) atoms. The average Bonchev–Trinajstić information content (AvgIpc) is 3.81. The molecule has 0 fully saturated rings. The molecule has 244 valence electrons. The molecule has 0 unspecified atom stereocenters. The van der Waals surface area contributed by atoms with Gasteiger partial charge in [-0.05, 0) is 58.7 Å². The van der Waals surface area contributed by atoms with Gasteiger partial charge in [-0.3, -0.25) is 0 Å². The van der Waals surface area contributed by atoms with Crippen LogP contribution in [0.25, 0.3) is 101 Å². The van der Waals surface area contributed by atoms with E-state index in [4.69, 9.17) is 28.8 Å². The normalized spacial score (nSPS) is 11.5.